The van der Waals surface area contributed by atoms with Crippen LogP contribution in [0.4, 0.5) is 18.9 Å². The molecular weight excluding hydrogens is 431 g/mol. The largest absolute Gasteiger partial charge is 0.383 e. The van der Waals surface area contributed by atoms with Gasteiger partial charge in [-0.1, -0.05) is 23.9 Å². The molecule has 31 heavy (non-hydrogen) atoms. The van der Waals surface area contributed by atoms with E-state index in [9.17, 15) is 22.8 Å². The number of carbonyl (C=O) groups excluding carboxylic acids is 1. The highest BCUT2D eigenvalue weighted by Crippen LogP contribution is 2.27. The zero-order valence-corrected chi connectivity index (χ0v) is 17.8. The lowest BCUT2D eigenvalue weighted by atomic mass is 10.2. The Bertz CT molecular complexity index is 1190. The number of methoxy groups -OCH3 is 1. The number of hydrogen-bond acceptors (Lipinski definition) is 5. The Morgan fingerprint density at radius 3 is 2.58 bits per heavy atom. The van der Waals surface area contributed by atoms with Crippen molar-refractivity contribution in [1.29, 1.82) is 0 Å². The number of nitrogens with zero attached hydrogens (tertiary/aromatic N) is 2. The number of fused-ring (bicyclic) bond motifs is 1. The zero-order chi connectivity index (χ0) is 22.7. The van der Waals surface area contributed by atoms with Crippen molar-refractivity contribution in [2.75, 3.05) is 19.0 Å². The third-order valence-electron chi connectivity index (χ3n) is 4.57. The number of thioether (sulfide) groups is 1. The van der Waals surface area contributed by atoms with Gasteiger partial charge in [0.25, 0.3) is 5.56 Å². The van der Waals surface area contributed by atoms with E-state index in [0.717, 1.165) is 23.9 Å². The first-order valence-electron chi connectivity index (χ1n) is 9.35. The molecular formula is C21H20F3N3O3S. The Labute approximate surface area is 180 Å². The number of ether oxygens (including phenoxy) is 1. The second-order valence-corrected chi connectivity index (χ2v) is 8.17. The molecule has 164 valence electrons. The smallest absolute Gasteiger partial charge is 0.262 e. The van der Waals surface area contributed by atoms with Gasteiger partial charge in [0.2, 0.25) is 5.91 Å². The molecule has 2 aromatic carbocycles. The number of anilines is 1. The summed E-state index contributed by atoms with van der Waals surface area (Å²) in [6.07, 6.45) is 0. The van der Waals surface area contributed by atoms with Crippen molar-refractivity contribution in [2.45, 2.75) is 30.3 Å². The molecule has 1 heterocycles. The second kappa shape index (κ2) is 9.52. The van der Waals surface area contributed by atoms with Gasteiger partial charge in [0.15, 0.2) is 22.6 Å². The summed E-state index contributed by atoms with van der Waals surface area (Å²) in [4.78, 5) is 30.1. The molecule has 0 fully saturated rings. The van der Waals surface area contributed by atoms with E-state index in [-0.39, 0.29) is 23.4 Å². The summed E-state index contributed by atoms with van der Waals surface area (Å²) < 4.78 is 47.0. The van der Waals surface area contributed by atoms with Gasteiger partial charge in [-0.3, -0.25) is 14.2 Å². The standard InChI is InChI=1S/C21H20F3N3O3S/c1-11(10-30-3)27-20(29)13-6-4-5-7-15(13)26-21(27)31-12(2)19(28)25-16-9-8-14(22)17(23)18(16)24/h4-9,11-12H,10H2,1-3H3,(H,25,28)/t11-,12+/m0/s1. The van der Waals surface area contributed by atoms with Gasteiger partial charge in [-0.25, -0.2) is 18.2 Å². The normalized spacial score (nSPS) is 13.2. The third kappa shape index (κ3) is 4.75. The average molecular weight is 451 g/mol. The van der Waals surface area contributed by atoms with Gasteiger partial charge in [0.05, 0.1) is 34.5 Å². The van der Waals surface area contributed by atoms with Crippen molar-refractivity contribution >= 4 is 34.3 Å². The molecule has 1 amide bonds. The van der Waals surface area contributed by atoms with E-state index in [1.54, 1.807) is 31.2 Å². The summed E-state index contributed by atoms with van der Waals surface area (Å²) in [5, 5.41) is 2.12. The minimum absolute atomic E-state index is 0.244. The van der Waals surface area contributed by atoms with Gasteiger partial charge in [0, 0.05) is 7.11 Å². The van der Waals surface area contributed by atoms with E-state index >= 15 is 0 Å². The number of aromatic nitrogens is 2. The van der Waals surface area contributed by atoms with Crippen molar-refractivity contribution in [3.8, 4) is 0 Å². The first-order valence-corrected chi connectivity index (χ1v) is 10.2. The minimum Gasteiger partial charge on any atom is -0.383 e. The number of rotatable bonds is 7. The first-order chi connectivity index (χ1) is 14.7. The Hall–Kier alpha value is -2.85. The number of hydrogen-bond donors (Lipinski definition) is 1. The molecule has 0 aliphatic carbocycles. The van der Waals surface area contributed by atoms with Crippen LogP contribution in [-0.2, 0) is 9.53 Å². The van der Waals surface area contributed by atoms with Crippen LogP contribution in [0.5, 0.6) is 0 Å². The van der Waals surface area contributed by atoms with Crippen molar-refractivity contribution < 1.29 is 22.7 Å². The lowest BCUT2D eigenvalue weighted by Gasteiger charge is -2.20. The van der Waals surface area contributed by atoms with Crippen LogP contribution in [0.3, 0.4) is 0 Å². The van der Waals surface area contributed by atoms with E-state index < -0.39 is 34.3 Å². The number of halogens is 3. The van der Waals surface area contributed by atoms with Crippen LogP contribution in [0, 0.1) is 17.5 Å². The molecule has 0 radical (unpaired) electrons. The molecule has 0 aliphatic heterocycles. The summed E-state index contributed by atoms with van der Waals surface area (Å²) in [5.41, 5.74) is -0.292. The molecule has 3 aromatic rings. The van der Waals surface area contributed by atoms with Crippen molar-refractivity contribution in [3.05, 3.63) is 64.2 Å². The quantitative estimate of drug-likeness (QED) is 0.332. The summed E-state index contributed by atoms with van der Waals surface area (Å²) in [5.74, 6) is -5.17. The molecule has 3 rings (SSSR count). The average Bonchev–Trinajstić information content (AvgIpc) is 2.74. The SMILES string of the molecule is COC[C@H](C)n1c(S[C@H](C)C(=O)Nc2ccc(F)c(F)c2F)nc2ccccc2c1=O. The van der Waals surface area contributed by atoms with Gasteiger partial charge in [-0.15, -0.1) is 0 Å². The van der Waals surface area contributed by atoms with Gasteiger partial charge >= 0.3 is 0 Å². The first kappa shape index (κ1) is 22.8. The third-order valence-corrected chi connectivity index (χ3v) is 5.63. The molecule has 1 aromatic heterocycles. The fourth-order valence-electron chi connectivity index (χ4n) is 2.98. The maximum Gasteiger partial charge on any atom is 0.262 e. The van der Waals surface area contributed by atoms with Gasteiger partial charge in [-0.2, -0.15) is 0 Å². The highest BCUT2D eigenvalue weighted by atomic mass is 32.2. The molecule has 0 spiro atoms. The molecule has 0 unspecified atom stereocenters. The molecule has 0 aliphatic rings. The zero-order valence-electron chi connectivity index (χ0n) is 17.0. The predicted molar refractivity (Wildman–Crippen MR) is 113 cm³/mol. The Balaban J connectivity index is 1.93. The summed E-state index contributed by atoms with van der Waals surface area (Å²) >= 11 is 0.988. The summed E-state index contributed by atoms with van der Waals surface area (Å²) in [6.45, 7) is 3.56. The molecule has 0 saturated heterocycles. The summed E-state index contributed by atoms with van der Waals surface area (Å²) in [7, 11) is 1.51. The molecule has 2 atom stereocenters. The lowest BCUT2D eigenvalue weighted by Crippen LogP contribution is -2.30. The van der Waals surface area contributed by atoms with Crippen molar-refractivity contribution in [3.63, 3.8) is 0 Å². The van der Waals surface area contributed by atoms with Crippen LogP contribution in [0.1, 0.15) is 19.9 Å². The van der Waals surface area contributed by atoms with Crippen LogP contribution in [0.25, 0.3) is 10.9 Å². The van der Waals surface area contributed by atoms with Gasteiger partial charge < -0.3 is 10.1 Å². The van der Waals surface area contributed by atoms with Crippen LogP contribution in [-0.4, -0.2) is 34.4 Å². The highest BCUT2D eigenvalue weighted by molar-refractivity contribution is 8.00. The van der Waals surface area contributed by atoms with Crippen molar-refractivity contribution in [1.82, 2.24) is 9.55 Å². The summed E-state index contributed by atoms with van der Waals surface area (Å²) in [6, 6.07) is 8.12. The van der Waals surface area contributed by atoms with E-state index in [1.807, 2.05) is 0 Å². The fourth-order valence-corrected chi connectivity index (χ4v) is 3.99. The van der Waals surface area contributed by atoms with Gasteiger partial charge in [-0.05, 0) is 38.1 Å². The monoisotopic (exact) mass is 451 g/mol. The van der Waals surface area contributed by atoms with Crippen LogP contribution in [0.15, 0.2) is 46.3 Å². The van der Waals surface area contributed by atoms with Crippen LogP contribution >= 0.6 is 11.8 Å². The molecule has 10 heteroatoms. The van der Waals surface area contributed by atoms with E-state index in [4.69, 9.17) is 4.74 Å². The molecule has 0 bridgehead atoms. The maximum absolute atomic E-state index is 13.9. The van der Waals surface area contributed by atoms with Gasteiger partial charge in [0.1, 0.15) is 0 Å². The van der Waals surface area contributed by atoms with E-state index in [2.05, 4.69) is 10.3 Å². The van der Waals surface area contributed by atoms with Crippen LogP contribution < -0.4 is 10.9 Å². The van der Waals surface area contributed by atoms with Crippen molar-refractivity contribution in [2.24, 2.45) is 0 Å². The predicted octanol–water partition coefficient (Wildman–Crippen LogP) is 4.14. The second-order valence-electron chi connectivity index (χ2n) is 6.86. The fraction of sp³-hybridized carbons (Fsp3) is 0.286. The topological polar surface area (TPSA) is 73.2 Å². The van der Waals surface area contributed by atoms with E-state index in [1.165, 1.54) is 18.6 Å². The van der Waals surface area contributed by atoms with E-state index in [0.29, 0.717) is 10.9 Å². The Morgan fingerprint density at radius 2 is 1.87 bits per heavy atom. The minimum atomic E-state index is -1.67. The molecule has 6 nitrogen and oxygen atoms in total. The lowest BCUT2D eigenvalue weighted by molar-refractivity contribution is -0.115. The number of carbonyl (C=O) groups is 1. The molecule has 1 N–H and O–H groups in total. The number of nitrogens with one attached hydrogen (secondary N) is 1. The number of benzene rings is 2. The maximum atomic E-state index is 13.9. The Kier molecular flexibility index (Phi) is 7.01. The Morgan fingerprint density at radius 1 is 1.16 bits per heavy atom. The molecule has 0 saturated carbocycles. The number of amides is 1. The van der Waals surface area contributed by atoms with Crippen LogP contribution in [0.2, 0.25) is 0 Å². The highest BCUT2D eigenvalue weighted by Gasteiger charge is 2.23. The number of para-hydroxylation sites is 1.